The van der Waals surface area contributed by atoms with Gasteiger partial charge >= 0.3 is 0 Å². The Kier molecular flexibility index (Phi) is 6.27. The number of carbonyl (C=O) groups is 1. The first-order chi connectivity index (χ1) is 14.0. The molecule has 0 aliphatic carbocycles. The van der Waals surface area contributed by atoms with Crippen LogP contribution in [0.15, 0.2) is 36.4 Å². The smallest absolute Gasteiger partial charge is 0.256 e. The van der Waals surface area contributed by atoms with Gasteiger partial charge in [-0.15, -0.1) is 0 Å². The summed E-state index contributed by atoms with van der Waals surface area (Å²) in [4.78, 5) is 16.6. The van der Waals surface area contributed by atoms with Crippen LogP contribution in [0.25, 0.3) is 0 Å². The number of fused-ring (bicyclic) bond motifs is 1. The molecule has 1 fully saturated rings. The molecule has 6 nitrogen and oxygen atoms in total. The van der Waals surface area contributed by atoms with Crippen LogP contribution in [0.1, 0.15) is 27.7 Å². The standard InChI is InChI=1S/C21H23Cl2N3O3/c22-18-2-1-3-19(23)17(18)13-24-14-4-5-15-16(12-14)21(28)26(20(15)27)7-6-25-8-10-29-11-9-25/h1-5,12,20,24,27H,6-11,13H2. The van der Waals surface area contributed by atoms with E-state index in [-0.39, 0.29) is 5.91 Å². The first kappa shape index (κ1) is 20.4. The maximum absolute atomic E-state index is 12.9. The van der Waals surface area contributed by atoms with E-state index < -0.39 is 6.23 Å². The molecule has 2 aliphatic rings. The van der Waals surface area contributed by atoms with Gasteiger partial charge in [-0.05, 0) is 24.3 Å². The Morgan fingerprint density at radius 1 is 1.10 bits per heavy atom. The van der Waals surface area contributed by atoms with Crippen LogP contribution >= 0.6 is 23.2 Å². The molecule has 8 heteroatoms. The highest BCUT2D eigenvalue weighted by Crippen LogP contribution is 2.33. The summed E-state index contributed by atoms with van der Waals surface area (Å²) in [5.74, 6) is -0.153. The molecule has 0 aromatic heterocycles. The number of morpholine rings is 1. The molecule has 2 aliphatic heterocycles. The number of anilines is 1. The van der Waals surface area contributed by atoms with Crippen LogP contribution in [-0.4, -0.2) is 60.2 Å². The highest BCUT2D eigenvalue weighted by atomic mass is 35.5. The van der Waals surface area contributed by atoms with Crippen molar-refractivity contribution in [3.63, 3.8) is 0 Å². The summed E-state index contributed by atoms with van der Waals surface area (Å²) in [6.45, 7) is 4.76. The molecule has 1 amide bonds. The van der Waals surface area contributed by atoms with Crippen molar-refractivity contribution in [1.82, 2.24) is 9.80 Å². The van der Waals surface area contributed by atoms with Crippen LogP contribution in [-0.2, 0) is 11.3 Å². The van der Waals surface area contributed by atoms with Gasteiger partial charge in [-0.2, -0.15) is 0 Å². The molecule has 0 saturated carbocycles. The summed E-state index contributed by atoms with van der Waals surface area (Å²) in [6.07, 6.45) is -0.911. The van der Waals surface area contributed by atoms with E-state index in [9.17, 15) is 9.90 Å². The quantitative estimate of drug-likeness (QED) is 0.727. The minimum Gasteiger partial charge on any atom is -0.381 e. The van der Waals surface area contributed by atoms with E-state index in [1.165, 1.54) is 4.90 Å². The lowest BCUT2D eigenvalue weighted by atomic mass is 10.1. The molecule has 154 valence electrons. The number of ether oxygens (including phenoxy) is 1. The molecule has 1 atom stereocenters. The van der Waals surface area contributed by atoms with E-state index in [1.54, 1.807) is 30.3 Å². The second kappa shape index (κ2) is 8.90. The van der Waals surface area contributed by atoms with Gasteiger partial charge in [0.2, 0.25) is 0 Å². The molecule has 0 radical (unpaired) electrons. The van der Waals surface area contributed by atoms with Crippen molar-refractivity contribution in [2.45, 2.75) is 12.8 Å². The van der Waals surface area contributed by atoms with Gasteiger partial charge < -0.3 is 20.1 Å². The summed E-state index contributed by atoms with van der Waals surface area (Å²) in [5.41, 5.74) is 2.73. The van der Waals surface area contributed by atoms with E-state index in [0.717, 1.165) is 30.9 Å². The number of hydrogen-bond acceptors (Lipinski definition) is 5. The number of carbonyl (C=O) groups excluding carboxylic acids is 1. The summed E-state index contributed by atoms with van der Waals surface area (Å²) in [5, 5.41) is 15.1. The average Bonchev–Trinajstić information content (AvgIpc) is 2.96. The number of amides is 1. The Labute approximate surface area is 180 Å². The first-order valence-corrected chi connectivity index (χ1v) is 10.4. The molecule has 1 saturated heterocycles. The molecule has 2 N–H and O–H groups in total. The molecular weight excluding hydrogens is 413 g/mol. The molecule has 29 heavy (non-hydrogen) atoms. The fourth-order valence-corrected chi connectivity index (χ4v) is 4.23. The van der Waals surface area contributed by atoms with Gasteiger partial charge in [-0.3, -0.25) is 9.69 Å². The predicted octanol–water partition coefficient (Wildman–Crippen LogP) is 3.38. The third kappa shape index (κ3) is 4.37. The van der Waals surface area contributed by atoms with Gasteiger partial charge in [-0.25, -0.2) is 0 Å². The van der Waals surface area contributed by atoms with Crippen molar-refractivity contribution in [1.29, 1.82) is 0 Å². The van der Waals surface area contributed by atoms with E-state index in [1.807, 2.05) is 6.07 Å². The number of nitrogens with one attached hydrogen (secondary N) is 1. The summed E-state index contributed by atoms with van der Waals surface area (Å²) in [7, 11) is 0. The van der Waals surface area contributed by atoms with Gasteiger partial charge in [0.25, 0.3) is 5.91 Å². The number of nitrogens with zero attached hydrogens (tertiary/aromatic N) is 2. The average molecular weight is 436 g/mol. The van der Waals surface area contributed by atoms with Gasteiger partial charge in [0.1, 0.15) is 0 Å². The number of benzene rings is 2. The maximum atomic E-state index is 12.9. The van der Waals surface area contributed by atoms with Crippen molar-refractivity contribution < 1.29 is 14.6 Å². The van der Waals surface area contributed by atoms with Crippen molar-refractivity contribution in [2.75, 3.05) is 44.7 Å². The number of aliphatic hydroxyl groups excluding tert-OH is 1. The lowest BCUT2D eigenvalue weighted by Crippen LogP contribution is -2.42. The zero-order chi connectivity index (χ0) is 20.4. The van der Waals surface area contributed by atoms with Crippen LogP contribution in [0, 0.1) is 0 Å². The Bertz CT molecular complexity index is 882. The van der Waals surface area contributed by atoms with Crippen LogP contribution in [0.2, 0.25) is 10.0 Å². The van der Waals surface area contributed by atoms with Gasteiger partial charge in [-0.1, -0.05) is 35.3 Å². The fraction of sp³-hybridized carbons (Fsp3) is 0.381. The fourth-order valence-electron chi connectivity index (χ4n) is 3.70. The SMILES string of the molecule is O=C1c2cc(NCc3c(Cl)cccc3Cl)ccc2C(O)N1CCN1CCOCC1. The first-order valence-electron chi connectivity index (χ1n) is 9.64. The minimum absolute atomic E-state index is 0.153. The summed E-state index contributed by atoms with van der Waals surface area (Å²) in [6, 6.07) is 10.8. The molecule has 2 aromatic rings. The lowest BCUT2D eigenvalue weighted by molar-refractivity contribution is 0.00159. The second-order valence-corrected chi connectivity index (χ2v) is 8.00. The zero-order valence-electron chi connectivity index (χ0n) is 15.9. The van der Waals surface area contributed by atoms with Gasteiger partial charge in [0.15, 0.2) is 6.23 Å². The summed E-state index contributed by atoms with van der Waals surface area (Å²) < 4.78 is 5.35. The highest BCUT2D eigenvalue weighted by molar-refractivity contribution is 6.36. The molecule has 0 bridgehead atoms. The molecule has 2 aromatic carbocycles. The number of halogens is 2. The predicted molar refractivity (Wildman–Crippen MR) is 113 cm³/mol. The van der Waals surface area contributed by atoms with Crippen LogP contribution in [0.3, 0.4) is 0 Å². The minimum atomic E-state index is -0.911. The van der Waals surface area contributed by atoms with Gasteiger partial charge in [0, 0.05) is 65.1 Å². The van der Waals surface area contributed by atoms with Crippen LogP contribution in [0.4, 0.5) is 5.69 Å². The van der Waals surface area contributed by atoms with E-state index in [4.69, 9.17) is 27.9 Å². The second-order valence-electron chi connectivity index (χ2n) is 7.18. The van der Waals surface area contributed by atoms with Crippen molar-refractivity contribution in [2.24, 2.45) is 0 Å². The van der Waals surface area contributed by atoms with E-state index in [0.29, 0.717) is 47.5 Å². The maximum Gasteiger partial charge on any atom is 0.256 e. The third-order valence-corrected chi connectivity index (χ3v) is 6.12. The van der Waals surface area contributed by atoms with Crippen molar-refractivity contribution >= 4 is 34.8 Å². The van der Waals surface area contributed by atoms with E-state index >= 15 is 0 Å². The molecular formula is C21H23Cl2N3O3. The largest absolute Gasteiger partial charge is 0.381 e. The number of hydrogen-bond donors (Lipinski definition) is 2. The normalized spacial score (nSPS) is 19.5. The van der Waals surface area contributed by atoms with E-state index in [2.05, 4.69) is 10.2 Å². The van der Waals surface area contributed by atoms with Gasteiger partial charge in [0.05, 0.1) is 13.2 Å². The molecule has 4 rings (SSSR count). The Morgan fingerprint density at radius 2 is 1.83 bits per heavy atom. The molecule has 0 spiro atoms. The Morgan fingerprint density at radius 3 is 2.55 bits per heavy atom. The summed E-state index contributed by atoms with van der Waals surface area (Å²) >= 11 is 12.4. The topological polar surface area (TPSA) is 65.0 Å². The van der Waals surface area contributed by atoms with Crippen LogP contribution in [0.5, 0.6) is 0 Å². The Hall–Kier alpha value is -1.83. The third-order valence-electron chi connectivity index (χ3n) is 5.41. The number of aliphatic hydroxyl groups is 1. The Balaban J connectivity index is 1.43. The van der Waals surface area contributed by atoms with Crippen molar-refractivity contribution in [3.05, 3.63) is 63.1 Å². The molecule has 1 unspecified atom stereocenters. The molecule has 2 heterocycles. The highest BCUT2D eigenvalue weighted by Gasteiger charge is 2.35. The number of rotatable bonds is 6. The zero-order valence-corrected chi connectivity index (χ0v) is 17.4. The van der Waals surface area contributed by atoms with Crippen molar-refractivity contribution in [3.8, 4) is 0 Å². The lowest BCUT2D eigenvalue weighted by Gasteiger charge is -2.29. The van der Waals surface area contributed by atoms with Crippen LogP contribution < -0.4 is 5.32 Å². The monoisotopic (exact) mass is 435 g/mol.